The number of hydrogen-bond acceptors (Lipinski definition) is 3. The fourth-order valence-electron chi connectivity index (χ4n) is 2.87. The van der Waals surface area contributed by atoms with Gasteiger partial charge in [0.15, 0.2) is 0 Å². The second kappa shape index (κ2) is 6.56. The predicted molar refractivity (Wildman–Crippen MR) is 81.4 cm³/mol. The van der Waals surface area contributed by atoms with Gasteiger partial charge in [0.2, 0.25) is 0 Å². The Balaban J connectivity index is 1.99. The first-order valence-electron chi connectivity index (χ1n) is 7.29. The average molecular weight is 291 g/mol. The number of anilines is 1. The summed E-state index contributed by atoms with van der Waals surface area (Å²) in [5.41, 5.74) is 0.958. The maximum atomic E-state index is 12.0. The molecule has 0 heterocycles. The number of nitrogens with zero attached hydrogens (tertiary/aromatic N) is 1. The van der Waals surface area contributed by atoms with Gasteiger partial charge in [0, 0.05) is 12.1 Å². The van der Waals surface area contributed by atoms with E-state index in [0.29, 0.717) is 17.2 Å². The Hall–Kier alpha value is -2.11. The summed E-state index contributed by atoms with van der Waals surface area (Å²) < 4.78 is 0. The molecule has 0 aliphatic heterocycles. The number of benzene rings is 1. The van der Waals surface area contributed by atoms with Crippen LogP contribution in [-0.2, 0) is 0 Å². The summed E-state index contributed by atoms with van der Waals surface area (Å²) in [6, 6.07) is 4.57. The van der Waals surface area contributed by atoms with Crippen molar-refractivity contribution in [3.05, 3.63) is 33.9 Å². The van der Waals surface area contributed by atoms with Crippen molar-refractivity contribution in [2.75, 3.05) is 5.32 Å². The van der Waals surface area contributed by atoms with E-state index in [1.165, 1.54) is 12.5 Å². The van der Waals surface area contributed by atoms with E-state index in [4.69, 9.17) is 0 Å². The van der Waals surface area contributed by atoms with Crippen molar-refractivity contribution in [1.82, 2.24) is 5.32 Å². The molecule has 0 saturated heterocycles. The van der Waals surface area contributed by atoms with Crippen LogP contribution in [0.2, 0.25) is 0 Å². The SMILES string of the molecule is Cc1c(NC(=O)N[C@@H]2CCC[C@H](C)C2)cccc1[N+](=O)[O-]. The highest BCUT2D eigenvalue weighted by molar-refractivity contribution is 5.90. The first-order valence-corrected chi connectivity index (χ1v) is 7.29. The summed E-state index contributed by atoms with van der Waals surface area (Å²) in [5.74, 6) is 0.628. The second-order valence-corrected chi connectivity index (χ2v) is 5.77. The number of rotatable bonds is 3. The van der Waals surface area contributed by atoms with Gasteiger partial charge in [-0.25, -0.2) is 4.79 Å². The average Bonchev–Trinajstić information content (AvgIpc) is 2.40. The number of nitrogens with one attached hydrogen (secondary N) is 2. The molecule has 1 aromatic rings. The zero-order valence-corrected chi connectivity index (χ0v) is 12.4. The van der Waals surface area contributed by atoms with Crippen molar-refractivity contribution in [3.63, 3.8) is 0 Å². The number of amides is 2. The van der Waals surface area contributed by atoms with Crippen molar-refractivity contribution in [1.29, 1.82) is 0 Å². The summed E-state index contributed by atoms with van der Waals surface area (Å²) in [5, 5.41) is 16.6. The summed E-state index contributed by atoms with van der Waals surface area (Å²) in [7, 11) is 0. The summed E-state index contributed by atoms with van der Waals surface area (Å²) >= 11 is 0. The maximum absolute atomic E-state index is 12.0. The van der Waals surface area contributed by atoms with Gasteiger partial charge in [-0.15, -0.1) is 0 Å². The van der Waals surface area contributed by atoms with Crippen LogP contribution in [0.25, 0.3) is 0 Å². The van der Waals surface area contributed by atoms with Crippen LogP contribution in [0.3, 0.4) is 0 Å². The molecule has 2 rings (SSSR count). The number of carbonyl (C=O) groups is 1. The first kappa shape index (κ1) is 15.3. The lowest BCUT2D eigenvalue weighted by molar-refractivity contribution is -0.385. The molecule has 114 valence electrons. The maximum Gasteiger partial charge on any atom is 0.319 e. The molecular weight excluding hydrogens is 270 g/mol. The topological polar surface area (TPSA) is 84.3 Å². The number of nitro groups is 1. The summed E-state index contributed by atoms with van der Waals surface area (Å²) in [4.78, 5) is 22.5. The number of nitro benzene ring substituents is 1. The van der Waals surface area contributed by atoms with Crippen LogP contribution in [0.1, 0.15) is 38.2 Å². The third kappa shape index (κ3) is 3.93. The van der Waals surface area contributed by atoms with Gasteiger partial charge in [0.1, 0.15) is 0 Å². The smallest absolute Gasteiger partial charge is 0.319 e. The summed E-state index contributed by atoms with van der Waals surface area (Å²) in [6.07, 6.45) is 4.32. The molecule has 0 aromatic heterocycles. The predicted octanol–water partition coefficient (Wildman–Crippen LogP) is 3.60. The monoisotopic (exact) mass is 291 g/mol. The second-order valence-electron chi connectivity index (χ2n) is 5.77. The van der Waals surface area contributed by atoms with Gasteiger partial charge in [0.05, 0.1) is 16.2 Å². The van der Waals surface area contributed by atoms with Crippen molar-refractivity contribution in [3.8, 4) is 0 Å². The molecule has 2 atom stereocenters. The lowest BCUT2D eigenvalue weighted by atomic mass is 9.87. The number of hydrogen-bond donors (Lipinski definition) is 2. The molecular formula is C15H21N3O3. The number of urea groups is 1. The highest BCUT2D eigenvalue weighted by Crippen LogP contribution is 2.26. The Morgan fingerprint density at radius 1 is 1.38 bits per heavy atom. The van der Waals surface area contributed by atoms with Crippen LogP contribution in [0.15, 0.2) is 18.2 Å². The van der Waals surface area contributed by atoms with Gasteiger partial charge in [-0.2, -0.15) is 0 Å². The molecule has 0 unspecified atom stereocenters. The molecule has 6 nitrogen and oxygen atoms in total. The minimum absolute atomic E-state index is 0.0130. The molecule has 6 heteroatoms. The van der Waals surface area contributed by atoms with Crippen LogP contribution in [-0.4, -0.2) is 17.0 Å². The van der Waals surface area contributed by atoms with Gasteiger partial charge < -0.3 is 10.6 Å². The fourth-order valence-corrected chi connectivity index (χ4v) is 2.87. The quantitative estimate of drug-likeness (QED) is 0.659. The van der Waals surface area contributed by atoms with Crippen molar-refractivity contribution >= 4 is 17.4 Å². The van der Waals surface area contributed by atoms with E-state index in [2.05, 4.69) is 17.6 Å². The largest absolute Gasteiger partial charge is 0.335 e. The van der Waals surface area contributed by atoms with Crippen molar-refractivity contribution in [2.24, 2.45) is 5.92 Å². The van der Waals surface area contributed by atoms with E-state index >= 15 is 0 Å². The molecule has 2 amide bonds. The Morgan fingerprint density at radius 3 is 2.81 bits per heavy atom. The molecule has 1 aliphatic carbocycles. The highest BCUT2D eigenvalue weighted by atomic mass is 16.6. The third-order valence-electron chi connectivity index (χ3n) is 4.02. The molecule has 1 saturated carbocycles. The van der Waals surface area contributed by atoms with Gasteiger partial charge in [0.25, 0.3) is 5.69 Å². The molecule has 1 aliphatic rings. The lowest BCUT2D eigenvalue weighted by Crippen LogP contribution is -2.40. The molecule has 1 fully saturated rings. The zero-order valence-electron chi connectivity index (χ0n) is 12.4. The normalized spacial score (nSPS) is 21.6. The van der Waals surface area contributed by atoms with Gasteiger partial charge in [-0.3, -0.25) is 10.1 Å². The minimum Gasteiger partial charge on any atom is -0.335 e. The standard InChI is InChI=1S/C15H21N3O3/c1-10-5-3-6-12(9-10)16-15(19)17-13-7-4-8-14(11(13)2)18(20)21/h4,7-8,10,12H,3,5-6,9H2,1-2H3,(H2,16,17,19)/t10-,12+/m0/s1. The summed E-state index contributed by atoms with van der Waals surface area (Å²) in [6.45, 7) is 3.83. The third-order valence-corrected chi connectivity index (χ3v) is 4.02. The Labute approximate surface area is 124 Å². The van der Waals surface area contributed by atoms with Crippen molar-refractivity contribution < 1.29 is 9.72 Å². The van der Waals surface area contributed by atoms with Gasteiger partial charge >= 0.3 is 6.03 Å². The molecule has 0 bridgehead atoms. The Kier molecular flexibility index (Phi) is 4.77. The number of carbonyl (C=O) groups excluding carboxylic acids is 1. The van der Waals surface area contributed by atoms with E-state index in [0.717, 1.165) is 19.3 Å². The lowest BCUT2D eigenvalue weighted by Gasteiger charge is -2.27. The van der Waals surface area contributed by atoms with E-state index in [9.17, 15) is 14.9 Å². The van der Waals surface area contributed by atoms with Gasteiger partial charge in [-0.1, -0.05) is 25.8 Å². The van der Waals surface area contributed by atoms with E-state index in [-0.39, 0.29) is 17.8 Å². The minimum atomic E-state index is -0.443. The van der Waals surface area contributed by atoms with Crippen LogP contribution >= 0.6 is 0 Å². The van der Waals surface area contributed by atoms with Crippen LogP contribution in [0.4, 0.5) is 16.2 Å². The zero-order chi connectivity index (χ0) is 15.4. The van der Waals surface area contributed by atoms with E-state index in [1.54, 1.807) is 19.1 Å². The highest BCUT2D eigenvalue weighted by Gasteiger charge is 2.21. The molecule has 2 N–H and O–H groups in total. The Bertz CT molecular complexity index is 545. The van der Waals surface area contributed by atoms with Crippen LogP contribution in [0.5, 0.6) is 0 Å². The van der Waals surface area contributed by atoms with E-state index < -0.39 is 4.92 Å². The fraction of sp³-hybridized carbons (Fsp3) is 0.533. The van der Waals surface area contributed by atoms with E-state index in [1.807, 2.05) is 0 Å². The molecule has 0 spiro atoms. The molecule has 0 radical (unpaired) electrons. The van der Waals surface area contributed by atoms with Gasteiger partial charge in [-0.05, 0) is 31.7 Å². The molecule has 21 heavy (non-hydrogen) atoms. The van der Waals surface area contributed by atoms with Crippen LogP contribution in [0, 0.1) is 23.0 Å². The molecule has 1 aromatic carbocycles. The van der Waals surface area contributed by atoms with Crippen LogP contribution < -0.4 is 10.6 Å². The Morgan fingerprint density at radius 2 is 2.14 bits per heavy atom. The van der Waals surface area contributed by atoms with Crippen molar-refractivity contribution in [2.45, 2.75) is 45.6 Å². The first-order chi connectivity index (χ1) is 9.97.